The van der Waals surface area contributed by atoms with Gasteiger partial charge in [0.05, 0.1) is 16.7 Å². The largest absolute Gasteiger partial charge is 0.408 e. The van der Waals surface area contributed by atoms with Gasteiger partial charge < -0.3 is 15.5 Å². The van der Waals surface area contributed by atoms with E-state index in [0.717, 1.165) is 10.2 Å². The van der Waals surface area contributed by atoms with Crippen LogP contribution in [-0.2, 0) is 6.54 Å². The molecule has 0 saturated carbocycles. The molecule has 3 rings (SSSR count). The number of nitrogen functional groups attached to an aromatic ring is 1. The molecule has 0 bridgehead atoms. The average Bonchev–Trinajstić information content (AvgIpc) is 3.04. The lowest BCUT2D eigenvalue weighted by molar-refractivity contribution is -0.389. The Morgan fingerprint density at radius 3 is 3.00 bits per heavy atom. The number of aromatic nitrogens is 4. The lowest BCUT2D eigenvalue weighted by atomic mass is 10.4. The molecule has 108 valence electrons. The summed E-state index contributed by atoms with van der Waals surface area (Å²) in [6.45, 7) is 0.149. The van der Waals surface area contributed by atoms with Crippen molar-refractivity contribution >= 4 is 44.8 Å². The second kappa shape index (κ2) is 5.24. The van der Waals surface area contributed by atoms with Crippen molar-refractivity contribution in [2.24, 2.45) is 5.84 Å². The van der Waals surface area contributed by atoms with Gasteiger partial charge in [-0.05, 0) is 16.4 Å². The summed E-state index contributed by atoms with van der Waals surface area (Å²) >= 11 is 7.19. The Labute approximate surface area is 126 Å². The molecule has 11 heteroatoms. The van der Waals surface area contributed by atoms with E-state index in [4.69, 9.17) is 17.4 Å². The summed E-state index contributed by atoms with van der Waals surface area (Å²) in [6.07, 6.45) is 1.36. The summed E-state index contributed by atoms with van der Waals surface area (Å²) in [6, 6.07) is 1.86. The quantitative estimate of drug-likeness (QED) is 0.425. The standard InChI is InChI=1S/C10H8ClN7O2S/c11-6-3-17(16-9(6)18(19)20)4-7-13-8(15-12)5-1-2-21-10(5)14-7/h1-3H,4,12H2,(H,13,14,15). The van der Waals surface area contributed by atoms with Crippen LogP contribution in [0.4, 0.5) is 11.6 Å². The fraction of sp³-hybridized carbons (Fsp3) is 0.100. The highest BCUT2D eigenvalue weighted by Gasteiger charge is 2.20. The molecule has 0 aliphatic rings. The first-order valence-corrected chi connectivity index (χ1v) is 6.92. The Morgan fingerprint density at radius 2 is 2.33 bits per heavy atom. The zero-order chi connectivity index (χ0) is 15.0. The van der Waals surface area contributed by atoms with E-state index in [2.05, 4.69) is 20.5 Å². The van der Waals surface area contributed by atoms with Gasteiger partial charge in [0.1, 0.15) is 11.4 Å². The number of hydrazine groups is 1. The summed E-state index contributed by atoms with van der Waals surface area (Å²) in [5, 5.41) is 17.2. The topological polar surface area (TPSA) is 125 Å². The molecular weight excluding hydrogens is 318 g/mol. The first kappa shape index (κ1) is 13.7. The normalized spacial score (nSPS) is 11.0. The van der Waals surface area contributed by atoms with Crippen LogP contribution in [0.25, 0.3) is 10.2 Å². The van der Waals surface area contributed by atoms with Gasteiger partial charge in [0.25, 0.3) is 0 Å². The number of thiophene rings is 1. The van der Waals surface area contributed by atoms with Gasteiger partial charge in [0, 0.05) is 0 Å². The first-order valence-electron chi connectivity index (χ1n) is 5.66. The predicted octanol–water partition coefficient (Wildman–Crippen LogP) is 1.78. The van der Waals surface area contributed by atoms with Crippen LogP contribution in [0.5, 0.6) is 0 Å². The van der Waals surface area contributed by atoms with E-state index >= 15 is 0 Å². The molecule has 21 heavy (non-hydrogen) atoms. The van der Waals surface area contributed by atoms with Crippen LogP contribution in [0.2, 0.25) is 5.02 Å². The smallest absolute Gasteiger partial charge is 0.358 e. The summed E-state index contributed by atoms with van der Waals surface area (Å²) in [5.41, 5.74) is 2.51. The van der Waals surface area contributed by atoms with Crippen LogP contribution in [0.15, 0.2) is 17.6 Å². The van der Waals surface area contributed by atoms with Gasteiger partial charge in [0.2, 0.25) is 0 Å². The molecule has 0 unspecified atom stereocenters. The van der Waals surface area contributed by atoms with E-state index in [1.807, 2.05) is 11.4 Å². The Morgan fingerprint density at radius 1 is 1.52 bits per heavy atom. The third-order valence-corrected chi connectivity index (χ3v) is 3.76. The molecule has 0 aliphatic carbocycles. The number of fused-ring (bicyclic) bond motifs is 1. The minimum atomic E-state index is -0.644. The molecule has 0 radical (unpaired) electrons. The maximum absolute atomic E-state index is 10.7. The second-order valence-corrected chi connectivity index (χ2v) is 5.33. The number of nitrogens with one attached hydrogen (secondary N) is 1. The maximum atomic E-state index is 10.7. The molecule has 0 spiro atoms. The number of rotatable bonds is 4. The van der Waals surface area contributed by atoms with Crippen molar-refractivity contribution in [2.75, 3.05) is 5.43 Å². The molecule has 3 aromatic heterocycles. The Hall–Kier alpha value is -2.30. The fourth-order valence-electron chi connectivity index (χ4n) is 1.82. The number of hydrogen-bond donors (Lipinski definition) is 2. The van der Waals surface area contributed by atoms with E-state index in [1.54, 1.807) is 0 Å². The second-order valence-electron chi connectivity index (χ2n) is 4.03. The van der Waals surface area contributed by atoms with Crippen molar-refractivity contribution in [3.05, 3.63) is 38.6 Å². The summed E-state index contributed by atoms with van der Waals surface area (Å²) in [7, 11) is 0. The van der Waals surface area contributed by atoms with Gasteiger partial charge in [-0.2, -0.15) is 4.68 Å². The third-order valence-electron chi connectivity index (χ3n) is 2.68. The van der Waals surface area contributed by atoms with E-state index in [-0.39, 0.29) is 11.6 Å². The van der Waals surface area contributed by atoms with E-state index in [0.29, 0.717) is 11.6 Å². The van der Waals surface area contributed by atoms with Crippen LogP contribution < -0.4 is 11.3 Å². The summed E-state index contributed by atoms with van der Waals surface area (Å²) in [4.78, 5) is 19.5. The molecule has 9 nitrogen and oxygen atoms in total. The van der Waals surface area contributed by atoms with Crippen LogP contribution >= 0.6 is 22.9 Å². The van der Waals surface area contributed by atoms with Gasteiger partial charge in [-0.3, -0.25) is 0 Å². The van der Waals surface area contributed by atoms with Crippen molar-refractivity contribution in [3.8, 4) is 0 Å². The average molecular weight is 326 g/mol. The van der Waals surface area contributed by atoms with Gasteiger partial charge >= 0.3 is 5.82 Å². The number of halogens is 1. The van der Waals surface area contributed by atoms with Crippen LogP contribution in [0.3, 0.4) is 0 Å². The SMILES string of the molecule is NNc1nc(Cn2cc(Cl)c([N+](=O)[O-])n2)nc2sccc12. The molecule has 3 heterocycles. The van der Waals surface area contributed by atoms with Gasteiger partial charge in [0.15, 0.2) is 16.7 Å². The number of nitro groups is 1. The minimum Gasteiger partial charge on any atom is -0.358 e. The summed E-state index contributed by atoms with van der Waals surface area (Å²) < 4.78 is 1.32. The molecule has 3 N–H and O–H groups in total. The van der Waals surface area contributed by atoms with Crippen LogP contribution in [0, 0.1) is 10.1 Å². The number of anilines is 1. The zero-order valence-electron chi connectivity index (χ0n) is 10.4. The molecule has 0 aliphatic heterocycles. The Kier molecular flexibility index (Phi) is 3.41. The van der Waals surface area contributed by atoms with Crippen molar-refractivity contribution in [1.82, 2.24) is 19.7 Å². The highest BCUT2D eigenvalue weighted by atomic mass is 35.5. The first-order chi connectivity index (χ1) is 10.1. The van der Waals surface area contributed by atoms with Gasteiger partial charge in [-0.25, -0.2) is 15.8 Å². The van der Waals surface area contributed by atoms with Crippen molar-refractivity contribution in [3.63, 3.8) is 0 Å². The highest BCUT2D eigenvalue weighted by Crippen LogP contribution is 2.25. The van der Waals surface area contributed by atoms with Gasteiger partial charge in [-0.1, -0.05) is 11.6 Å². The number of hydrogen-bond acceptors (Lipinski definition) is 8. The van der Waals surface area contributed by atoms with Crippen molar-refractivity contribution in [2.45, 2.75) is 6.54 Å². The van der Waals surface area contributed by atoms with Gasteiger partial charge in [-0.15, -0.1) is 11.3 Å². The molecule has 0 aromatic carbocycles. The van der Waals surface area contributed by atoms with Crippen LogP contribution in [0.1, 0.15) is 5.82 Å². The molecule has 0 atom stereocenters. The molecular formula is C10H8ClN7O2S. The number of nitrogens with zero attached hydrogens (tertiary/aromatic N) is 5. The van der Waals surface area contributed by atoms with Crippen molar-refractivity contribution in [1.29, 1.82) is 0 Å². The molecule has 3 aromatic rings. The Balaban J connectivity index is 1.97. The molecule has 0 fully saturated rings. The van der Waals surface area contributed by atoms with E-state index < -0.39 is 10.7 Å². The maximum Gasteiger partial charge on any atom is 0.408 e. The Bertz CT molecular complexity index is 830. The minimum absolute atomic E-state index is 0.0330. The highest BCUT2D eigenvalue weighted by molar-refractivity contribution is 7.16. The zero-order valence-corrected chi connectivity index (χ0v) is 11.9. The van der Waals surface area contributed by atoms with Crippen molar-refractivity contribution < 1.29 is 4.92 Å². The lowest BCUT2D eigenvalue weighted by Crippen LogP contribution is -2.12. The molecule has 0 saturated heterocycles. The third kappa shape index (κ3) is 2.51. The van der Waals surface area contributed by atoms with Crippen LogP contribution in [-0.4, -0.2) is 24.7 Å². The van der Waals surface area contributed by atoms with E-state index in [1.165, 1.54) is 22.2 Å². The predicted molar refractivity (Wildman–Crippen MR) is 78.2 cm³/mol. The molecule has 0 amide bonds. The fourth-order valence-corrected chi connectivity index (χ4v) is 2.82. The monoisotopic (exact) mass is 325 g/mol. The van der Waals surface area contributed by atoms with E-state index in [9.17, 15) is 10.1 Å². The number of nitrogens with two attached hydrogens (primary N) is 1. The lowest BCUT2D eigenvalue weighted by Gasteiger charge is -2.03. The summed E-state index contributed by atoms with van der Waals surface area (Å²) in [5.74, 6) is 5.95.